The van der Waals surface area contributed by atoms with E-state index in [0.717, 1.165) is 25.1 Å². The Kier molecular flexibility index (Phi) is 3.69. The van der Waals surface area contributed by atoms with Crippen molar-refractivity contribution in [3.8, 4) is 0 Å². The lowest BCUT2D eigenvalue weighted by Crippen LogP contribution is -2.52. The number of fused-ring (bicyclic) bond motifs is 1. The van der Waals surface area contributed by atoms with Gasteiger partial charge in [-0.3, -0.25) is 9.59 Å². The Balaban J connectivity index is 1.61. The monoisotopic (exact) mass is 273 g/mol. The minimum absolute atomic E-state index is 0.0245. The summed E-state index contributed by atoms with van der Waals surface area (Å²) in [5.74, 6) is -0.0309. The Morgan fingerprint density at radius 3 is 2.85 bits per heavy atom. The van der Waals surface area contributed by atoms with Crippen molar-refractivity contribution in [3.63, 3.8) is 0 Å². The van der Waals surface area contributed by atoms with Crippen LogP contribution in [0, 0.1) is 5.92 Å². The first-order chi connectivity index (χ1) is 9.75. The number of carbonyl (C=O) groups is 2. The third-order valence-corrected chi connectivity index (χ3v) is 3.98. The highest BCUT2D eigenvalue weighted by molar-refractivity contribution is 5.97. The largest absolute Gasteiger partial charge is 0.347 e. The van der Waals surface area contributed by atoms with Crippen LogP contribution >= 0.6 is 0 Å². The molecule has 0 radical (unpaired) electrons. The van der Waals surface area contributed by atoms with Crippen molar-refractivity contribution in [2.75, 3.05) is 31.1 Å². The number of aryl methyl sites for hydroxylation is 1. The average Bonchev–Trinajstić information content (AvgIpc) is 2.42. The van der Waals surface area contributed by atoms with Crippen LogP contribution in [0.1, 0.15) is 12.0 Å². The second-order valence-corrected chi connectivity index (χ2v) is 5.35. The molecule has 2 aliphatic heterocycles. The molecule has 0 bridgehead atoms. The highest BCUT2D eigenvalue weighted by Gasteiger charge is 2.26. The zero-order valence-electron chi connectivity index (χ0n) is 11.4. The van der Waals surface area contributed by atoms with Gasteiger partial charge < -0.3 is 15.5 Å². The topological polar surface area (TPSA) is 61.4 Å². The molecule has 5 heteroatoms. The van der Waals surface area contributed by atoms with Gasteiger partial charge in [0.1, 0.15) is 0 Å². The van der Waals surface area contributed by atoms with E-state index in [0.29, 0.717) is 13.1 Å². The lowest BCUT2D eigenvalue weighted by atomic mass is 10.0. The number of hydrogen-bond donors (Lipinski definition) is 2. The highest BCUT2D eigenvalue weighted by atomic mass is 16.2. The second kappa shape index (κ2) is 5.63. The maximum Gasteiger partial charge on any atom is 0.246 e. The number of para-hydroxylation sites is 1. The lowest BCUT2D eigenvalue weighted by molar-refractivity contribution is -0.128. The van der Waals surface area contributed by atoms with Crippen LogP contribution in [-0.2, 0) is 16.0 Å². The second-order valence-electron chi connectivity index (χ2n) is 5.35. The standard InChI is InChI=1S/C15H19N3O2/c19-14(10-17-15(20)12-8-16-9-12)18-7-3-5-11-4-1-2-6-13(11)18/h1-2,4,6,12,16H,3,5,7-10H2,(H,17,20). The van der Waals surface area contributed by atoms with Gasteiger partial charge in [-0.15, -0.1) is 0 Å². The van der Waals surface area contributed by atoms with E-state index in [2.05, 4.69) is 16.7 Å². The van der Waals surface area contributed by atoms with Gasteiger partial charge in [-0.05, 0) is 24.5 Å². The van der Waals surface area contributed by atoms with Gasteiger partial charge in [0, 0.05) is 25.3 Å². The van der Waals surface area contributed by atoms with E-state index in [-0.39, 0.29) is 24.3 Å². The van der Waals surface area contributed by atoms with Crippen LogP contribution in [0.25, 0.3) is 0 Å². The Labute approximate surface area is 118 Å². The summed E-state index contributed by atoms with van der Waals surface area (Å²) in [6.07, 6.45) is 1.99. The van der Waals surface area contributed by atoms with Gasteiger partial charge in [-0.1, -0.05) is 18.2 Å². The molecule has 3 rings (SSSR count). The van der Waals surface area contributed by atoms with Gasteiger partial charge in [-0.2, -0.15) is 0 Å². The van der Waals surface area contributed by atoms with Gasteiger partial charge in [-0.25, -0.2) is 0 Å². The molecule has 0 unspecified atom stereocenters. The molecule has 20 heavy (non-hydrogen) atoms. The summed E-state index contributed by atoms with van der Waals surface area (Å²) in [5.41, 5.74) is 2.20. The molecular weight excluding hydrogens is 254 g/mol. The first-order valence-corrected chi connectivity index (χ1v) is 7.12. The minimum atomic E-state index is -0.0298. The summed E-state index contributed by atoms with van der Waals surface area (Å²) in [4.78, 5) is 25.8. The molecule has 1 aromatic rings. The van der Waals surface area contributed by atoms with Crippen molar-refractivity contribution >= 4 is 17.5 Å². The predicted octanol–water partition coefficient (Wildman–Crippen LogP) is 0.301. The van der Waals surface area contributed by atoms with E-state index in [1.165, 1.54) is 5.56 Å². The zero-order chi connectivity index (χ0) is 13.9. The molecule has 0 atom stereocenters. The zero-order valence-corrected chi connectivity index (χ0v) is 11.4. The van der Waals surface area contributed by atoms with Crippen LogP contribution in [0.2, 0.25) is 0 Å². The third kappa shape index (κ3) is 2.54. The smallest absolute Gasteiger partial charge is 0.246 e. The van der Waals surface area contributed by atoms with Crippen LogP contribution in [-0.4, -0.2) is 38.0 Å². The normalized spacial score (nSPS) is 18.1. The molecule has 1 saturated heterocycles. The third-order valence-electron chi connectivity index (χ3n) is 3.98. The predicted molar refractivity (Wildman–Crippen MR) is 76.5 cm³/mol. The van der Waals surface area contributed by atoms with Crippen molar-refractivity contribution in [1.29, 1.82) is 0 Å². The molecule has 2 amide bonds. The van der Waals surface area contributed by atoms with Crippen LogP contribution < -0.4 is 15.5 Å². The van der Waals surface area contributed by atoms with Crippen LogP contribution in [0.3, 0.4) is 0 Å². The summed E-state index contributed by atoms with van der Waals surface area (Å²) in [7, 11) is 0. The number of carbonyl (C=O) groups excluding carboxylic acids is 2. The number of amides is 2. The SMILES string of the molecule is O=C(NCC(=O)N1CCCc2ccccc21)C1CNC1. The maximum atomic E-state index is 12.3. The first kappa shape index (κ1) is 13.1. The van der Waals surface area contributed by atoms with Gasteiger partial charge in [0.05, 0.1) is 12.5 Å². The Hall–Kier alpha value is -1.88. The number of anilines is 1. The molecule has 0 saturated carbocycles. The number of rotatable bonds is 3. The van der Waals surface area contributed by atoms with E-state index < -0.39 is 0 Å². The average molecular weight is 273 g/mol. The Morgan fingerprint density at radius 1 is 1.30 bits per heavy atom. The molecule has 2 aliphatic rings. The van der Waals surface area contributed by atoms with Gasteiger partial charge in [0.15, 0.2) is 0 Å². The van der Waals surface area contributed by atoms with E-state index in [1.807, 2.05) is 18.2 Å². The lowest BCUT2D eigenvalue weighted by Gasteiger charge is -2.30. The van der Waals surface area contributed by atoms with Crippen molar-refractivity contribution < 1.29 is 9.59 Å². The molecule has 106 valence electrons. The molecule has 1 fully saturated rings. The highest BCUT2D eigenvalue weighted by Crippen LogP contribution is 2.26. The summed E-state index contributed by atoms with van der Waals surface area (Å²) in [5, 5.41) is 5.79. The van der Waals surface area contributed by atoms with Crippen LogP contribution in [0.5, 0.6) is 0 Å². The number of hydrogen-bond acceptors (Lipinski definition) is 3. The van der Waals surface area contributed by atoms with E-state index in [1.54, 1.807) is 4.90 Å². The summed E-state index contributed by atoms with van der Waals surface area (Å²) in [6, 6.07) is 7.98. The molecule has 0 aliphatic carbocycles. The minimum Gasteiger partial charge on any atom is -0.347 e. The Morgan fingerprint density at radius 2 is 2.10 bits per heavy atom. The molecular formula is C15H19N3O2. The molecule has 5 nitrogen and oxygen atoms in total. The Bertz CT molecular complexity index is 526. The molecule has 2 N–H and O–H groups in total. The number of nitrogens with zero attached hydrogens (tertiary/aromatic N) is 1. The molecule has 0 aromatic heterocycles. The number of nitrogens with one attached hydrogen (secondary N) is 2. The van der Waals surface area contributed by atoms with E-state index >= 15 is 0 Å². The van der Waals surface area contributed by atoms with Crippen LogP contribution in [0.15, 0.2) is 24.3 Å². The number of benzene rings is 1. The van der Waals surface area contributed by atoms with Crippen LogP contribution in [0.4, 0.5) is 5.69 Å². The maximum absolute atomic E-state index is 12.3. The van der Waals surface area contributed by atoms with Gasteiger partial charge in [0.2, 0.25) is 11.8 Å². The van der Waals surface area contributed by atoms with Crippen molar-refractivity contribution in [3.05, 3.63) is 29.8 Å². The molecule has 2 heterocycles. The fourth-order valence-electron chi connectivity index (χ4n) is 2.67. The van der Waals surface area contributed by atoms with Crippen molar-refractivity contribution in [2.45, 2.75) is 12.8 Å². The van der Waals surface area contributed by atoms with Gasteiger partial charge >= 0.3 is 0 Å². The van der Waals surface area contributed by atoms with E-state index in [4.69, 9.17) is 0 Å². The van der Waals surface area contributed by atoms with Crippen molar-refractivity contribution in [1.82, 2.24) is 10.6 Å². The first-order valence-electron chi connectivity index (χ1n) is 7.12. The van der Waals surface area contributed by atoms with Gasteiger partial charge in [0.25, 0.3) is 0 Å². The fourth-order valence-corrected chi connectivity index (χ4v) is 2.67. The fraction of sp³-hybridized carbons (Fsp3) is 0.467. The van der Waals surface area contributed by atoms with Crippen molar-refractivity contribution in [2.24, 2.45) is 5.92 Å². The quantitative estimate of drug-likeness (QED) is 0.833. The summed E-state index contributed by atoms with van der Waals surface area (Å²) in [6.45, 7) is 2.25. The molecule has 1 aromatic carbocycles. The molecule has 0 spiro atoms. The van der Waals surface area contributed by atoms with E-state index in [9.17, 15) is 9.59 Å². The summed E-state index contributed by atoms with van der Waals surface area (Å²) < 4.78 is 0. The summed E-state index contributed by atoms with van der Waals surface area (Å²) >= 11 is 0.